The van der Waals surface area contributed by atoms with Gasteiger partial charge in [0, 0.05) is 30.2 Å². The quantitative estimate of drug-likeness (QED) is 0.806. The van der Waals surface area contributed by atoms with Gasteiger partial charge in [0.15, 0.2) is 0 Å². The van der Waals surface area contributed by atoms with Crippen molar-refractivity contribution in [3.05, 3.63) is 52.5 Å². The number of rotatable bonds is 5. The summed E-state index contributed by atoms with van der Waals surface area (Å²) < 4.78 is 0. The molecule has 2 aromatic carbocycles. The number of anilines is 3. The van der Waals surface area contributed by atoms with Gasteiger partial charge < -0.3 is 15.5 Å². The van der Waals surface area contributed by atoms with Crippen molar-refractivity contribution in [3.8, 4) is 0 Å². The number of benzene rings is 2. The van der Waals surface area contributed by atoms with Crippen molar-refractivity contribution in [2.24, 2.45) is 0 Å². The van der Waals surface area contributed by atoms with E-state index in [1.54, 1.807) is 36.4 Å². The van der Waals surface area contributed by atoms with Gasteiger partial charge in [0.2, 0.25) is 17.7 Å². The molecule has 2 rings (SSSR count). The molecule has 0 heterocycles. The molecule has 2 aromatic rings. The number of nitrogens with zero attached hydrogens (tertiary/aromatic N) is 1. The molecule has 0 aliphatic carbocycles. The van der Waals surface area contributed by atoms with E-state index in [1.165, 1.54) is 24.8 Å². The van der Waals surface area contributed by atoms with Gasteiger partial charge in [-0.3, -0.25) is 14.4 Å². The lowest BCUT2D eigenvalue weighted by molar-refractivity contribution is -0.120. The smallest absolute Gasteiger partial charge is 0.244 e. The lowest BCUT2D eigenvalue weighted by atomic mass is 10.2. The Kier molecular flexibility index (Phi) is 6.60. The fourth-order valence-electron chi connectivity index (χ4n) is 2.24. The zero-order valence-electron chi connectivity index (χ0n) is 14.2. The average molecular weight is 394 g/mol. The van der Waals surface area contributed by atoms with Gasteiger partial charge in [-0.05, 0) is 42.5 Å². The number of carbonyl (C=O) groups is 3. The molecule has 8 heteroatoms. The molecule has 0 aliphatic heterocycles. The molecule has 26 heavy (non-hydrogen) atoms. The number of halogens is 2. The second-order valence-electron chi connectivity index (χ2n) is 5.51. The summed E-state index contributed by atoms with van der Waals surface area (Å²) in [6.45, 7) is 2.53. The van der Waals surface area contributed by atoms with E-state index in [0.717, 1.165) is 0 Å². The summed E-state index contributed by atoms with van der Waals surface area (Å²) in [7, 11) is 0. The fourth-order valence-corrected chi connectivity index (χ4v) is 2.63. The lowest BCUT2D eigenvalue weighted by Crippen LogP contribution is -2.36. The van der Waals surface area contributed by atoms with Gasteiger partial charge in [0.1, 0.15) is 6.54 Å². The molecule has 0 unspecified atom stereocenters. The Morgan fingerprint density at radius 3 is 2.04 bits per heavy atom. The predicted octanol–water partition coefficient (Wildman–Crippen LogP) is 3.94. The summed E-state index contributed by atoms with van der Waals surface area (Å²) in [6, 6.07) is 11.3. The van der Waals surface area contributed by atoms with Crippen LogP contribution in [-0.4, -0.2) is 24.3 Å². The Morgan fingerprint density at radius 2 is 1.50 bits per heavy atom. The van der Waals surface area contributed by atoms with Crippen molar-refractivity contribution in [2.45, 2.75) is 13.8 Å². The number of carbonyl (C=O) groups excluding carboxylic acids is 3. The number of hydrogen-bond acceptors (Lipinski definition) is 3. The summed E-state index contributed by atoms with van der Waals surface area (Å²) in [5.74, 6) is -0.925. The Morgan fingerprint density at radius 1 is 0.923 bits per heavy atom. The predicted molar refractivity (Wildman–Crippen MR) is 104 cm³/mol. The van der Waals surface area contributed by atoms with Crippen LogP contribution in [0, 0.1) is 0 Å². The molecule has 0 atom stereocenters. The van der Waals surface area contributed by atoms with Gasteiger partial charge in [-0.15, -0.1) is 0 Å². The van der Waals surface area contributed by atoms with Crippen molar-refractivity contribution in [1.29, 1.82) is 0 Å². The minimum absolute atomic E-state index is 0.183. The Balaban J connectivity index is 2.09. The highest BCUT2D eigenvalue weighted by atomic mass is 35.5. The number of hydrogen-bond donors (Lipinski definition) is 2. The summed E-state index contributed by atoms with van der Waals surface area (Å²) in [5.41, 5.74) is 1.51. The molecule has 3 amide bonds. The maximum absolute atomic E-state index is 12.3. The Hall–Kier alpha value is -2.57. The first-order valence-electron chi connectivity index (χ1n) is 7.67. The molecular weight excluding hydrogens is 377 g/mol. The van der Waals surface area contributed by atoms with Crippen molar-refractivity contribution >= 4 is 58.0 Å². The van der Waals surface area contributed by atoms with Gasteiger partial charge in [-0.2, -0.15) is 0 Å². The molecule has 0 saturated heterocycles. The van der Waals surface area contributed by atoms with Gasteiger partial charge in [0.25, 0.3) is 0 Å². The maximum Gasteiger partial charge on any atom is 0.244 e. The second-order valence-corrected chi connectivity index (χ2v) is 6.35. The first-order valence-corrected chi connectivity index (χ1v) is 8.42. The van der Waals surface area contributed by atoms with Crippen LogP contribution >= 0.6 is 23.2 Å². The van der Waals surface area contributed by atoms with Gasteiger partial charge in [0.05, 0.1) is 10.7 Å². The van der Waals surface area contributed by atoms with Crippen LogP contribution in [0.4, 0.5) is 17.1 Å². The van der Waals surface area contributed by atoms with Crippen molar-refractivity contribution in [3.63, 3.8) is 0 Å². The van der Waals surface area contributed by atoms with E-state index in [2.05, 4.69) is 10.6 Å². The Bertz CT molecular complexity index is 838. The van der Waals surface area contributed by atoms with E-state index in [0.29, 0.717) is 27.1 Å². The van der Waals surface area contributed by atoms with E-state index in [1.807, 2.05) is 0 Å². The molecule has 136 valence electrons. The lowest BCUT2D eigenvalue weighted by Gasteiger charge is -2.22. The van der Waals surface area contributed by atoms with E-state index < -0.39 is 5.91 Å². The molecule has 6 nitrogen and oxygen atoms in total. The third kappa shape index (κ3) is 5.47. The third-order valence-corrected chi connectivity index (χ3v) is 3.92. The van der Waals surface area contributed by atoms with Crippen LogP contribution in [0.15, 0.2) is 42.5 Å². The minimum Gasteiger partial charge on any atom is -0.326 e. The fraction of sp³-hybridized carbons (Fsp3) is 0.167. The van der Waals surface area contributed by atoms with E-state index in [-0.39, 0.29) is 18.4 Å². The monoisotopic (exact) mass is 393 g/mol. The average Bonchev–Trinajstić information content (AvgIpc) is 2.56. The highest BCUT2D eigenvalue weighted by Crippen LogP contribution is 2.29. The van der Waals surface area contributed by atoms with Crippen LogP contribution < -0.4 is 15.5 Å². The summed E-state index contributed by atoms with van der Waals surface area (Å²) in [4.78, 5) is 36.5. The van der Waals surface area contributed by atoms with Crippen LogP contribution in [0.3, 0.4) is 0 Å². The molecule has 0 aliphatic rings. The first kappa shape index (κ1) is 19.8. The van der Waals surface area contributed by atoms with Crippen LogP contribution in [0.1, 0.15) is 13.8 Å². The van der Waals surface area contributed by atoms with Crippen LogP contribution in [0.2, 0.25) is 10.0 Å². The normalized spacial score (nSPS) is 10.2. The Labute approximate surface area is 161 Å². The van der Waals surface area contributed by atoms with E-state index in [4.69, 9.17) is 23.2 Å². The van der Waals surface area contributed by atoms with E-state index >= 15 is 0 Å². The standard InChI is InChI=1S/C18H17Cl2N3O3/c1-11(24)21-14-4-6-15(7-5-14)22-18(26)10-23(12(2)25)17-9-13(19)3-8-16(17)20/h3-9H,10H2,1-2H3,(H,21,24)(H,22,26). The molecule has 0 saturated carbocycles. The minimum atomic E-state index is -0.400. The van der Waals surface area contributed by atoms with Gasteiger partial charge in [-0.25, -0.2) is 0 Å². The van der Waals surface area contributed by atoms with Crippen LogP contribution in [0.25, 0.3) is 0 Å². The molecule has 2 N–H and O–H groups in total. The summed E-state index contributed by atoms with van der Waals surface area (Å²) >= 11 is 12.1. The maximum atomic E-state index is 12.3. The highest BCUT2D eigenvalue weighted by molar-refractivity contribution is 6.36. The summed E-state index contributed by atoms with van der Waals surface area (Å²) in [6.07, 6.45) is 0. The van der Waals surface area contributed by atoms with Crippen molar-refractivity contribution < 1.29 is 14.4 Å². The van der Waals surface area contributed by atoms with Crippen molar-refractivity contribution in [2.75, 3.05) is 22.1 Å². The molecule has 0 spiro atoms. The summed E-state index contributed by atoms with van der Waals surface area (Å²) in [5, 5.41) is 6.05. The molecule has 0 bridgehead atoms. The van der Waals surface area contributed by atoms with Gasteiger partial charge >= 0.3 is 0 Å². The van der Waals surface area contributed by atoms with Crippen LogP contribution in [-0.2, 0) is 14.4 Å². The number of nitrogens with one attached hydrogen (secondary N) is 2. The molecule has 0 fully saturated rings. The molecular formula is C18H17Cl2N3O3. The topological polar surface area (TPSA) is 78.5 Å². The molecule has 0 radical (unpaired) electrons. The zero-order valence-corrected chi connectivity index (χ0v) is 15.7. The third-order valence-electron chi connectivity index (χ3n) is 3.37. The van der Waals surface area contributed by atoms with Crippen LogP contribution in [0.5, 0.6) is 0 Å². The zero-order chi connectivity index (χ0) is 19.3. The second kappa shape index (κ2) is 8.69. The highest BCUT2D eigenvalue weighted by Gasteiger charge is 2.19. The largest absolute Gasteiger partial charge is 0.326 e. The molecule has 0 aromatic heterocycles. The number of amides is 3. The first-order chi connectivity index (χ1) is 12.3. The van der Waals surface area contributed by atoms with Gasteiger partial charge in [-0.1, -0.05) is 23.2 Å². The SMILES string of the molecule is CC(=O)Nc1ccc(NC(=O)CN(C(C)=O)c2cc(Cl)ccc2Cl)cc1. The van der Waals surface area contributed by atoms with Crippen molar-refractivity contribution in [1.82, 2.24) is 0 Å². The van der Waals surface area contributed by atoms with E-state index in [9.17, 15) is 14.4 Å².